The van der Waals surface area contributed by atoms with Gasteiger partial charge in [-0.15, -0.1) is 11.3 Å². The van der Waals surface area contributed by atoms with Gasteiger partial charge in [0.1, 0.15) is 5.00 Å². The van der Waals surface area contributed by atoms with Crippen LogP contribution in [0, 0.1) is 0 Å². The lowest BCUT2D eigenvalue weighted by Crippen LogP contribution is -2.37. The van der Waals surface area contributed by atoms with E-state index in [0.29, 0.717) is 31.2 Å². The van der Waals surface area contributed by atoms with Gasteiger partial charge in [-0.2, -0.15) is 0 Å². The Morgan fingerprint density at radius 3 is 2.68 bits per heavy atom. The number of ether oxygens (including phenoxy) is 2. The summed E-state index contributed by atoms with van der Waals surface area (Å²) in [6, 6.07) is 7.87. The highest BCUT2D eigenvalue weighted by molar-refractivity contribution is 7.16. The van der Waals surface area contributed by atoms with E-state index < -0.39 is 0 Å². The molecule has 0 atom stereocenters. The second-order valence-corrected chi connectivity index (χ2v) is 8.85. The van der Waals surface area contributed by atoms with Crippen LogP contribution in [-0.2, 0) is 22.3 Å². The Labute approximate surface area is 185 Å². The third-order valence-corrected chi connectivity index (χ3v) is 6.95. The molecule has 7 nitrogen and oxygen atoms in total. The average molecular weight is 439 g/mol. The van der Waals surface area contributed by atoms with Crippen molar-refractivity contribution in [2.75, 3.05) is 43.1 Å². The zero-order chi connectivity index (χ0) is 21.2. The Balaban J connectivity index is 1.60. The molecule has 0 radical (unpaired) electrons. The number of thiophene rings is 1. The number of para-hydroxylation sites is 2. The number of aromatic nitrogens is 2. The van der Waals surface area contributed by atoms with Crippen molar-refractivity contribution in [1.82, 2.24) is 9.97 Å². The van der Waals surface area contributed by atoms with Crippen LogP contribution in [0.3, 0.4) is 0 Å². The largest absolute Gasteiger partial charge is 0.462 e. The highest BCUT2D eigenvalue weighted by Crippen LogP contribution is 2.41. The first-order chi connectivity index (χ1) is 15.2. The normalized spacial score (nSPS) is 16.2. The van der Waals surface area contributed by atoms with E-state index in [1.807, 2.05) is 31.2 Å². The minimum Gasteiger partial charge on any atom is -0.462 e. The van der Waals surface area contributed by atoms with Gasteiger partial charge < -0.3 is 19.7 Å². The monoisotopic (exact) mass is 438 g/mol. The Morgan fingerprint density at radius 2 is 1.90 bits per heavy atom. The minimum atomic E-state index is -0.258. The quantitative estimate of drug-likeness (QED) is 0.594. The molecule has 31 heavy (non-hydrogen) atoms. The van der Waals surface area contributed by atoms with Crippen molar-refractivity contribution in [3.8, 4) is 0 Å². The number of esters is 1. The van der Waals surface area contributed by atoms with Crippen molar-refractivity contribution in [1.29, 1.82) is 0 Å². The summed E-state index contributed by atoms with van der Waals surface area (Å²) in [4.78, 5) is 26.2. The molecule has 162 valence electrons. The predicted molar refractivity (Wildman–Crippen MR) is 123 cm³/mol. The average Bonchev–Trinajstić information content (AvgIpc) is 3.17. The van der Waals surface area contributed by atoms with Crippen molar-refractivity contribution < 1.29 is 14.3 Å². The number of nitrogens with one attached hydrogen (secondary N) is 1. The summed E-state index contributed by atoms with van der Waals surface area (Å²) in [5, 5.41) is 4.30. The maximum Gasteiger partial charge on any atom is 0.341 e. The first kappa shape index (κ1) is 20.2. The summed E-state index contributed by atoms with van der Waals surface area (Å²) < 4.78 is 10.9. The maximum atomic E-state index is 12.9. The predicted octanol–water partition coefficient (Wildman–Crippen LogP) is 4.33. The molecule has 0 unspecified atom stereocenters. The molecule has 0 amide bonds. The van der Waals surface area contributed by atoms with Crippen LogP contribution in [0.5, 0.6) is 0 Å². The van der Waals surface area contributed by atoms with Gasteiger partial charge in [0, 0.05) is 18.0 Å². The van der Waals surface area contributed by atoms with Gasteiger partial charge in [0.05, 0.1) is 36.4 Å². The molecule has 1 aliphatic heterocycles. The van der Waals surface area contributed by atoms with Crippen molar-refractivity contribution in [3.05, 3.63) is 40.3 Å². The summed E-state index contributed by atoms with van der Waals surface area (Å²) in [6.45, 7) is 5.04. The van der Waals surface area contributed by atoms with E-state index in [1.54, 1.807) is 11.3 Å². The van der Waals surface area contributed by atoms with Crippen molar-refractivity contribution in [2.24, 2.45) is 0 Å². The van der Waals surface area contributed by atoms with Gasteiger partial charge in [-0.25, -0.2) is 14.8 Å². The number of anilines is 3. The lowest BCUT2D eigenvalue weighted by Gasteiger charge is -2.29. The second kappa shape index (κ2) is 8.80. The number of morpholine rings is 1. The number of carbonyl (C=O) groups excluding carboxylic acids is 1. The molecule has 1 fully saturated rings. The molecule has 0 spiro atoms. The summed E-state index contributed by atoms with van der Waals surface area (Å²) in [6.07, 6.45) is 4.18. The second-order valence-electron chi connectivity index (χ2n) is 7.74. The molecule has 1 saturated heterocycles. The zero-order valence-corrected chi connectivity index (χ0v) is 18.5. The van der Waals surface area contributed by atoms with Crippen molar-refractivity contribution in [2.45, 2.75) is 32.6 Å². The van der Waals surface area contributed by atoms with Crippen LogP contribution in [-0.4, -0.2) is 48.8 Å². The van der Waals surface area contributed by atoms with Gasteiger partial charge in [-0.1, -0.05) is 12.1 Å². The number of nitrogens with zero attached hydrogens (tertiary/aromatic N) is 3. The van der Waals surface area contributed by atoms with Crippen LogP contribution in [0.1, 0.15) is 40.6 Å². The molecule has 1 N–H and O–H groups in total. The molecule has 2 aliphatic rings. The summed E-state index contributed by atoms with van der Waals surface area (Å²) >= 11 is 1.65. The molecule has 3 heterocycles. The molecule has 0 saturated carbocycles. The SMILES string of the molecule is CCOC(=O)c1c(Nc2nc3ccccc3nc2N2CCOCC2)sc2c1CCCC2. The molecule has 1 aromatic carbocycles. The smallest absolute Gasteiger partial charge is 0.341 e. The van der Waals surface area contributed by atoms with E-state index in [2.05, 4.69) is 10.2 Å². The summed E-state index contributed by atoms with van der Waals surface area (Å²) in [5.41, 5.74) is 3.48. The van der Waals surface area contributed by atoms with Gasteiger partial charge in [0.2, 0.25) is 0 Å². The molecule has 2 aromatic heterocycles. The van der Waals surface area contributed by atoms with Crippen LogP contribution >= 0.6 is 11.3 Å². The Morgan fingerprint density at radius 1 is 1.16 bits per heavy atom. The van der Waals surface area contributed by atoms with E-state index >= 15 is 0 Å². The molecule has 1 aliphatic carbocycles. The molecule has 3 aromatic rings. The first-order valence-electron chi connectivity index (χ1n) is 10.9. The summed E-state index contributed by atoms with van der Waals surface area (Å²) in [7, 11) is 0. The number of benzene rings is 1. The Bertz CT molecular complexity index is 1110. The van der Waals surface area contributed by atoms with Gasteiger partial charge in [-0.3, -0.25) is 0 Å². The molecule has 0 bridgehead atoms. The zero-order valence-electron chi connectivity index (χ0n) is 17.6. The van der Waals surface area contributed by atoms with E-state index in [9.17, 15) is 4.79 Å². The van der Waals surface area contributed by atoms with E-state index in [0.717, 1.165) is 66.2 Å². The molecular weight excluding hydrogens is 412 g/mol. The third-order valence-electron chi connectivity index (χ3n) is 5.75. The van der Waals surface area contributed by atoms with Crippen LogP contribution in [0.25, 0.3) is 11.0 Å². The number of carbonyl (C=O) groups is 1. The fourth-order valence-corrected chi connectivity index (χ4v) is 5.53. The van der Waals surface area contributed by atoms with E-state index in [4.69, 9.17) is 19.4 Å². The maximum absolute atomic E-state index is 12.9. The Hall–Kier alpha value is -2.71. The fraction of sp³-hybridized carbons (Fsp3) is 0.435. The molecule has 8 heteroatoms. The van der Waals surface area contributed by atoms with Crippen molar-refractivity contribution >= 4 is 45.0 Å². The van der Waals surface area contributed by atoms with Gasteiger partial charge in [0.25, 0.3) is 0 Å². The third kappa shape index (κ3) is 3.97. The highest BCUT2D eigenvalue weighted by Gasteiger charge is 2.28. The van der Waals surface area contributed by atoms with Crippen LogP contribution in [0.4, 0.5) is 16.6 Å². The van der Waals surface area contributed by atoms with Crippen molar-refractivity contribution in [3.63, 3.8) is 0 Å². The number of rotatable bonds is 5. The fourth-order valence-electron chi connectivity index (χ4n) is 4.25. The standard InChI is InChI=1S/C23H26N4O3S/c1-2-30-23(28)19-15-7-3-6-10-18(15)31-22(19)26-20-21(27-11-13-29-14-12-27)25-17-9-5-4-8-16(17)24-20/h4-5,8-9H,2-3,6-7,10-14H2,1H3,(H,24,26). The topological polar surface area (TPSA) is 76.6 Å². The lowest BCUT2D eigenvalue weighted by molar-refractivity contribution is 0.0526. The Kier molecular flexibility index (Phi) is 5.74. The van der Waals surface area contributed by atoms with Crippen LogP contribution in [0.15, 0.2) is 24.3 Å². The van der Waals surface area contributed by atoms with Gasteiger partial charge in [0.15, 0.2) is 11.6 Å². The number of hydrogen-bond acceptors (Lipinski definition) is 8. The number of fused-ring (bicyclic) bond motifs is 2. The highest BCUT2D eigenvalue weighted by atomic mass is 32.1. The minimum absolute atomic E-state index is 0.258. The van der Waals surface area contributed by atoms with Gasteiger partial charge in [-0.05, 0) is 50.3 Å². The van der Waals surface area contributed by atoms with E-state index in [-0.39, 0.29) is 5.97 Å². The molecular formula is C23H26N4O3S. The van der Waals surface area contributed by atoms with E-state index in [1.165, 1.54) is 4.88 Å². The molecule has 5 rings (SSSR count). The lowest BCUT2D eigenvalue weighted by atomic mass is 9.95. The van der Waals surface area contributed by atoms with Crippen LogP contribution < -0.4 is 10.2 Å². The first-order valence-corrected chi connectivity index (χ1v) is 11.7. The summed E-state index contributed by atoms with van der Waals surface area (Å²) in [5.74, 6) is 1.21. The number of aryl methyl sites for hydroxylation is 1. The number of hydrogen-bond donors (Lipinski definition) is 1. The van der Waals surface area contributed by atoms with Gasteiger partial charge >= 0.3 is 5.97 Å². The van der Waals surface area contributed by atoms with Crippen LogP contribution in [0.2, 0.25) is 0 Å².